The van der Waals surface area contributed by atoms with Crippen LogP contribution in [0.1, 0.15) is 48.0 Å². The summed E-state index contributed by atoms with van der Waals surface area (Å²) in [6.45, 7) is 2.11. The molecule has 2 fully saturated rings. The lowest BCUT2D eigenvalue weighted by molar-refractivity contribution is 0.0696. The van der Waals surface area contributed by atoms with Crippen molar-refractivity contribution in [3.8, 4) is 0 Å². The first-order valence-corrected chi connectivity index (χ1v) is 8.20. The van der Waals surface area contributed by atoms with Gasteiger partial charge in [0.05, 0.1) is 5.56 Å². The highest BCUT2D eigenvalue weighted by atomic mass is 79.9. The van der Waals surface area contributed by atoms with Gasteiger partial charge in [-0.2, -0.15) is 0 Å². The summed E-state index contributed by atoms with van der Waals surface area (Å²) in [5.41, 5.74) is 1.54. The number of hydrogen-bond acceptors (Lipinski definition) is 2. The summed E-state index contributed by atoms with van der Waals surface area (Å²) in [7, 11) is 0. The fourth-order valence-electron chi connectivity index (χ4n) is 3.78. The quantitative estimate of drug-likeness (QED) is 0.908. The Morgan fingerprint density at radius 3 is 2.85 bits per heavy atom. The number of carboxylic acid groups (broad SMARTS) is 1. The second kappa shape index (κ2) is 5.86. The van der Waals surface area contributed by atoms with Gasteiger partial charge in [0.15, 0.2) is 0 Å². The molecular formula is C16H20BrNO2. The second-order valence-corrected chi connectivity index (χ2v) is 6.84. The van der Waals surface area contributed by atoms with Crippen LogP contribution < -0.4 is 0 Å². The molecule has 4 heteroatoms. The Bertz CT molecular complexity index is 517. The van der Waals surface area contributed by atoms with E-state index >= 15 is 0 Å². The molecule has 1 aliphatic carbocycles. The summed E-state index contributed by atoms with van der Waals surface area (Å²) < 4.78 is 0.914. The van der Waals surface area contributed by atoms with Gasteiger partial charge in [-0.1, -0.05) is 28.4 Å². The van der Waals surface area contributed by atoms with Crippen LogP contribution in [0.25, 0.3) is 0 Å². The SMILES string of the molecule is O=C(O)c1ccc(CN2CCCC3CCCC32)c(Br)c1. The van der Waals surface area contributed by atoms with Gasteiger partial charge in [0.25, 0.3) is 0 Å². The van der Waals surface area contributed by atoms with E-state index in [2.05, 4.69) is 20.8 Å². The first-order valence-electron chi connectivity index (χ1n) is 7.41. The molecule has 3 nitrogen and oxygen atoms in total. The molecule has 1 aliphatic heterocycles. The van der Waals surface area contributed by atoms with E-state index in [4.69, 9.17) is 5.11 Å². The maximum atomic E-state index is 11.0. The number of rotatable bonds is 3. The van der Waals surface area contributed by atoms with Crippen molar-refractivity contribution in [3.63, 3.8) is 0 Å². The van der Waals surface area contributed by atoms with E-state index in [9.17, 15) is 4.79 Å². The highest BCUT2D eigenvalue weighted by molar-refractivity contribution is 9.10. The highest BCUT2D eigenvalue weighted by Crippen LogP contribution is 2.37. The summed E-state index contributed by atoms with van der Waals surface area (Å²) in [5.74, 6) is 0.0203. The monoisotopic (exact) mass is 337 g/mol. The molecule has 1 saturated carbocycles. The molecule has 1 heterocycles. The third-order valence-electron chi connectivity index (χ3n) is 4.78. The van der Waals surface area contributed by atoms with Gasteiger partial charge in [-0.15, -0.1) is 0 Å². The largest absolute Gasteiger partial charge is 0.478 e. The number of nitrogens with zero attached hydrogens (tertiary/aromatic N) is 1. The minimum absolute atomic E-state index is 0.345. The molecular weight excluding hydrogens is 318 g/mol. The number of fused-ring (bicyclic) bond motifs is 1. The molecule has 1 N–H and O–H groups in total. The van der Waals surface area contributed by atoms with Crippen LogP contribution in [0, 0.1) is 5.92 Å². The Morgan fingerprint density at radius 1 is 1.30 bits per heavy atom. The summed E-state index contributed by atoms with van der Waals surface area (Å²) in [6, 6.07) is 6.12. The van der Waals surface area contributed by atoms with Gasteiger partial charge in [0.1, 0.15) is 0 Å². The average Bonchev–Trinajstić information content (AvgIpc) is 2.90. The van der Waals surface area contributed by atoms with E-state index < -0.39 is 5.97 Å². The average molecular weight is 338 g/mol. The van der Waals surface area contributed by atoms with Crippen molar-refractivity contribution in [2.45, 2.75) is 44.7 Å². The zero-order valence-electron chi connectivity index (χ0n) is 11.5. The molecule has 1 saturated heterocycles. The molecule has 0 radical (unpaired) electrons. The van der Waals surface area contributed by atoms with Crippen molar-refractivity contribution in [1.82, 2.24) is 4.90 Å². The fourth-order valence-corrected chi connectivity index (χ4v) is 4.28. The molecule has 0 amide bonds. The lowest BCUT2D eigenvalue weighted by Gasteiger charge is -2.38. The van der Waals surface area contributed by atoms with Gasteiger partial charge in [0.2, 0.25) is 0 Å². The number of benzene rings is 1. The lowest BCUT2D eigenvalue weighted by atomic mass is 9.91. The minimum atomic E-state index is -0.869. The molecule has 3 rings (SSSR count). The Kier molecular flexibility index (Phi) is 4.13. The number of halogens is 1. The van der Waals surface area contributed by atoms with E-state index in [-0.39, 0.29) is 0 Å². The molecule has 108 valence electrons. The summed E-state index contributed by atoms with van der Waals surface area (Å²) in [6.07, 6.45) is 6.77. The molecule has 0 bridgehead atoms. The van der Waals surface area contributed by atoms with Crippen LogP contribution in [0.5, 0.6) is 0 Å². The minimum Gasteiger partial charge on any atom is -0.478 e. The van der Waals surface area contributed by atoms with Gasteiger partial charge < -0.3 is 5.11 Å². The second-order valence-electron chi connectivity index (χ2n) is 5.98. The molecule has 0 aromatic heterocycles. The zero-order chi connectivity index (χ0) is 14.1. The van der Waals surface area contributed by atoms with Gasteiger partial charge in [0, 0.05) is 17.1 Å². The number of likely N-dealkylation sites (tertiary alicyclic amines) is 1. The molecule has 20 heavy (non-hydrogen) atoms. The van der Waals surface area contributed by atoms with Crippen molar-refractivity contribution in [2.24, 2.45) is 5.92 Å². The van der Waals surface area contributed by atoms with Gasteiger partial charge in [-0.25, -0.2) is 4.79 Å². The third-order valence-corrected chi connectivity index (χ3v) is 5.52. The van der Waals surface area contributed by atoms with Crippen LogP contribution >= 0.6 is 15.9 Å². The van der Waals surface area contributed by atoms with Gasteiger partial charge >= 0.3 is 5.97 Å². The molecule has 2 unspecified atom stereocenters. The summed E-state index contributed by atoms with van der Waals surface area (Å²) in [5, 5.41) is 9.01. The Labute approximate surface area is 128 Å². The predicted octanol–water partition coefficient (Wildman–Crippen LogP) is 3.91. The van der Waals surface area contributed by atoms with Crippen LogP contribution in [0.3, 0.4) is 0 Å². The standard InChI is InChI=1S/C16H20BrNO2/c17-14-9-12(16(19)20)6-7-13(14)10-18-8-2-4-11-3-1-5-15(11)18/h6-7,9,11,15H,1-5,8,10H2,(H,19,20). The first kappa shape index (κ1) is 14.1. The molecule has 2 aliphatic rings. The molecule has 2 atom stereocenters. The van der Waals surface area contributed by atoms with Crippen LogP contribution in [0.2, 0.25) is 0 Å². The van der Waals surface area contributed by atoms with Crippen molar-refractivity contribution in [2.75, 3.05) is 6.54 Å². The number of carboxylic acids is 1. The topological polar surface area (TPSA) is 40.5 Å². The maximum absolute atomic E-state index is 11.0. The van der Waals surface area contributed by atoms with Crippen LogP contribution in [0.4, 0.5) is 0 Å². The van der Waals surface area contributed by atoms with Crippen LogP contribution in [-0.4, -0.2) is 28.6 Å². The number of hydrogen-bond donors (Lipinski definition) is 1. The summed E-state index contributed by atoms with van der Waals surface area (Å²) in [4.78, 5) is 13.6. The number of piperidine rings is 1. The Balaban J connectivity index is 1.75. The van der Waals surface area contributed by atoms with E-state index in [0.717, 1.165) is 23.0 Å². The number of carbonyl (C=O) groups is 1. The predicted molar refractivity (Wildman–Crippen MR) is 81.9 cm³/mol. The van der Waals surface area contributed by atoms with E-state index in [0.29, 0.717) is 5.56 Å². The van der Waals surface area contributed by atoms with Crippen molar-refractivity contribution >= 4 is 21.9 Å². The zero-order valence-corrected chi connectivity index (χ0v) is 13.1. The van der Waals surface area contributed by atoms with Crippen LogP contribution in [-0.2, 0) is 6.54 Å². The molecule has 1 aromatic carbocycles. The van der Waals surface area contributed by atoms with E-state index in [1.807, 2.05) is 6.07 Å². The van der Waals surface area contributed by atoms with Crippen molar-refractivity contribution < 1.29 is 9.90 Å². The Morgan fingerprint density at radius 2 is 2.10 bits per heavy atom. The first-order chi connectivity index (χ1) is 9.65. The normalized spacial score (nSPS) is 26.4. The lowest BCUT2D eigenvalue weighted by Crippen LogP contribution is -2.41. The van der Waals surface area contributed by atoms with Crippen molar-refractivity contribution in [1.29, 1.82) is 0 Å². The fraction of sp³-hybridized carbons (Fsp3) is 0.562. The van der Waals surface area contributed by atoms with E-state index in [1.54, 1.807) is 12.1 Å². The smallest absolute Gasteiger partial charge is 0.335 e. The number of aromatic carboxylic acids is 1. The maximum Gasteiger partial charge on any atom is 0.335 e. The Hall–Kier alpha value is -0.870. The van der Waals surface area contributed by atoms with Crippen molar-refractivity contribution in [3.05, 3.63) is 33.8 Å². The third kappa shape index (κ3) is 2.77. The highest BCUT2D eigenvalue weighted by Gasteiger charge is 2.34. The van der Waals surface area contributed by atoms with Gasteiger partial charge in [-0.3, -0.25) is 4.90 Å². The molecule has 1 aromatic rings. The van der Waals surface area contributed by atoms with E-state index in [1.165, 1.54) is 44.2 Å². The van der Waals surface area contributed by atoms with Crippen LogP contribution in [0.15, 0.2) is 22.7 Å². The molecule has 0 spiro atoms. The van der Waals surface area contributed by atoms with Gasteiger partial charge in [-0.05, 0) is 55.8 Å². The summed E-state index contributed by atoms with van der Waals surface area (Å²) >= 11 is 3.52.